The Balaban J connectivity index is 1.60. The second-order valence-corrected chi connectivity index (χ2v) is 4.77. The van der Waals surface area contributed by atoms with Crippen molar-refractivity contribution in [3.8, 4) is 11.5 Å². The highest BCUT2D eigenvalue weighted by atomic mass is 16.5. The first kappa shape index (κ1) is 12.0. The molecule has 0 saturated heterocycles. The molecule has 1 saturated carbocycles. The Bertz CT molecular complexity index is 557. The monoisotopic (exact) mass is 261 g/mol. The number of carbonyl (C=O) groups excluding carboxylic acids is 1. The van der Waals surface area contributed by atoms with Crippen LogP contribution in [-0.2, 0) is 0 Å². The van der Waals surface area contributed by atoms with Crippen LogP contribution < -0.4 is 11.1 Å². The molecule has 0 radical (unpaired) electrons. The van der Waals surface area contributed by atoms with Crippen molar-refractivity contribution in [2.45, 2.75) is 18.9 Å². The highest BCUT2D eigenvalue weighted by Crippen LogP contribution is 2.31. The molecule has 1 amide bonds. The highest BCUT2D eigenvalue weighted by Gasteiger charge is 2.28. The number of amides is 1. The van der Waals surface area contributed by atoms with Crippen LogP contribution in [-0.4, -0.2) is 23.7 Å². The van der Waals surface area contributed by atoms with Crippen molar-refractivity contribution in [3.05, 3.63) is 30.2 Å². The molecule has 2 heterocycles. The van der Waals surface area contributed by atoms with Crippen LogP contribution in [0, 0.1) is 5.92 Å². The van der Waals surface area contributed by atoms with Gasteiger partial charge < -0.3 is 20.0 Å². The minimum atomic E-state index is -0.280. The summed E-state index contributed by atoms with van der Waals surface area (Å²) in [6.45, 7) is 0.465. The molecule has 1 aliphatic carbocycles. The lowest BCUT2D eigenvalue weighted by Gasteiger charge is -2.09. The van der Waals surface area contributed by atoms with Gasteiger partial charge in [-0.3, -0.25) is 4.79 Å². The van der Waals surface area contributed by atoms with Crippen molar-refractivity contribution in [3.63, 3.8) is 0 Å². The molecule has 1 fully saturated rings. The standard InChI is InChI=1S/C13H15N3O3/c14-9(8-3-4-8)7-15-13(17)10-6-12(19-16-10)11-2-1-5-18-11/h1-2,5-6,8-9H,3-4,7,14H2,(H,15,17). The van der Waals surface area contributed by atoms with Crippen LogP contribution in [0.1, 0.15) is 23.3 Å². The Morgan fingerprint density at radius 1 is 1.53 bits per heavy atom. The van der Waals surface area contributed by atoms with Crippen LogP contribution in [0.5, 0.6) is 0 Å². The summed E-state index contributed by atoms with van der Waals surface area (Å²) in [4.78, 5) is 11.9. The van der Waals surface area contributed by atoms with Gasteiger partial charge in [-0.25, -0.2) is 0 Å². The molecule has 3 N–H and O–H groups in total. The summed E-state index contributed by atoms with van der Waals surface area (Å²) in [6, 6.07) is 5.06. The molecule has 1 unspecified atom stereocenters. The number of nitrogens with one attached hydrogen (secondary N) is 1. The first-order chi connectivity index (χ1) is 9.24. The minimum absolute atomic E-state index is 0.0281. The molecule has 6 heteroatoms. The van der Waals surface area contributed by atoms with E-state index in [0.717, 1.165) is 12.8 Å². The molecular weight excluding hydrogens is 246 g/mol. The van der Waals surface area contributed by atoms with E-state index >= 15 is 0 Å². The summed E-state index contributed by atoms with van der Waals surface area (Å²) in [5.74, 6) is 1.25. The van der Waals surface area contributed by atoms with E-state index in [-0.39, 0.29) is 17.6 Å². The summed E-state index contributed by atoms with van der Waals surface area (Å²) >= 11 is 0. The van der Waals surface area contributed by atoms with Crippen LogP contribution in [0.4, 0.5) is 0 Å². The van der Waals surface area contributed by atoms with Crippen LogP contribution in [0.3, 0.4) is 0 Å². The van der Waals surface area contributed by atoms with Crippen LogP contribution in [0.25, 0.3) is 11.5 Å². The maximum Gasteiger partial charge on any atom is 0.273 e. The summed E-state index contributed by atoms with van der Waals surface area (Å²) in [5, 5.41) is 6.48. The average molecular weight is 261 g/mol. The number of nitrogens with zero attached hydrogens (tertiary/aromatic N) is 1. The van der Waals surface area contributed by atoms with E-state index < -0.39 is 0 Å². The number of carbonyl (C=O) groups is 1. The normalized spacial score (nSPS) is 16.3. The lowest BCUT2D eigenvalue weighted by Crippen LogP contribution is -2.38. The molecule has 6 nitrogen and oxygen atoms in total. The van der Waals surface area contributed by atoms with Gasteiger partial charge in [-0.05, 0) is 30.9 Å². The zero-order valence-corrected chi connectivity index (χ0v) is 10.3. The number of nitrogens with two attached hydrogens (primary N) is 1. The van der Waals surface area contributed by atoms with E-state index in [0.29, 0.717) is 24.0 Å². The lowest BCUT2D eigenvalue weighted by molar-refractivity contribution is 0.0941. The zero-order valence-electron chi connectivity index (χ0n) is 10.3. The molecule has 1 aliphatic rings. The zero-order chi connectivity index (χ0) is 13.2. The van der Waals surface area contributed by atoms with E-state index in [9.17, 15) is 4.79 Å². The van der Waals surface area contributed by atoms with Gasteiger partial charge in [0.05, 0.1) is 6.26 Å². The summed E-state index contributed by atoms with van der Waals surface area (Å²) in [7, 11) is 0. The van der Waals surface area contributed by atoms with Crippen LogP contribution >= 0.6 is 0 Å². The molecule has 2 aromatic rings. The molecule has 2 aromatic heterocycles. The van der Waals surface area contributed by atoms with Crippen molar-refractivity contribution in [1.82, 2.24) is 10.5 Å². The van der Waals surface area contributed by atoms with Gasteiger partial charge in [-0.15, -0.1) is 0 Å². The molecule has 3 rings (SSSR count). The van der Waals surface area contributed by atoms with Crippen molar-refractivity contribution in [1.29, 1.82) is 0 Å². The Morgan fingerprint density at radius 2 is 2.37 bits per heavy atom. The Hall–Kier alpha value is -2.08. The van der Waals surface area contributed by atoms with Gasteiger partial charge in [-0.1, -0.05) is 5.16 Å². The number of rotatable bonds is 5. The quantitative estimate of drug-likeness (QED) is 0.848. The molecule has 0 spiro atoms. The van der Waals surface area contributed by atoms with E-state index in [4.69, 9.17) is 14.7 Å². The van der Waals surface area contributed by atoms with Crippen LogP contribution in [0.15, 0.2) is 33.4 Å². The van der Waals surface area contributed by atoms with Gasteiger partial charge in [0.1, 0.15) is 0 Å². The predicted octanol–water partition coefficient (Wildman–Crippen LogP) is 1.40. The fraction of sp³-hybridized carbons (Fsp3) is 0.385. The van der Waals surface area contributed by atoms with Crippen molar-refractivity contribution in [2.24, 2.45) is 11.7 Å². The molecule has 0 aromatic carbocycles. The molecule has 0 aliphatic heterocycles. The van der Waals surface area contributed by atoms with E-state index in [2.05, 4.69) is 10.5 Å². The predicted molar refractivity (Wildman–Crippen MR) is 67.2 cm³/mol. The van der Waals surface area contributed by atoms with E-state index in [1.54, 1.807) is 18.2 Å². The van der Waals surface area contributed by atoms with Crippen LogP contribution in [0.2, 0.25) is 0 Å². The number of furan rings is 1. The molecule has 1 atom stereocenters. The topological polar surface area (TPSA) is 94.3 Å². The van der Waals surface area contributed by atoms with Crippen molar-refractivity contribution >= 4 is 5.91 Å². The van der Waals surface area contributed by atoms with Gasteiger partial charge in [-0.2, -0.15) is 0 Å². The minimum Gasteiger partial charge on any atom is -0.461 e. The Kier molecular flexibility index (Phi) is 3.08. The third kappa shape index (κ3) is 2.68. The third-order valence-corrected chi connectivity index (χ3v) is 3.23. The van der Waals surface area contributed by atoms with E-state index in [1.807, 2.05) is 0 Å². The fourth-order valence-corrected chi connectivity index (χ4v) is 1.91. The number of hydrogen-bond donors (Lipinski definition) is 2. The summed E-state index contributed by atoms with van der Waals surface area (Å²) in [6.07, 6.45) is 3.85. The SMILES string of the molecule is NC(CNC(=O)c1cc(-c2ccco2)on1)C1CC1. The first-order valence-electron chi connectivity index (χ1n) is 6.28. The molecule has 19 heavy (non-hydrogen) atoms. The lowest BCUT2D eigenvalue weighted by atomic mass is 10.2. The molecular formula is C13H15N3O3. The van der Waals surface area contributed by atoms with Gasteiger partial charge in [0.15, 0.2) is 11.5 Å². The first-order valence-corrected chi connectivity index (χ1v) is 6.28. The Morgan fingerprint density at radius 3 is 3.05 bits per heavy atom. The smallest absolute Gasteiger partial charge is 0.273 e. The van der Waals surface area contributed by atoms with Gasteiger partial charge in [0.25, 0.3) is 5.91 Å². The van der Waals surface area contributed by atoms with Crippen molar-refractivity contribution < 1.29 is 13.7 Å². The third-order valence-electron chi connectivity index (χ3n) is 3.23. The Labute approximate surface area is 109 Å². The summed E-state index contributed by atoms with van der Waals surface area (Å²) in [5.41, 5.74) is 6.15. The summed E-state index contributed by atoms with van der Waals surface area (Å²) < 4.78 is 10.2. The maximum atomic E-state index is 11.9. The number of aromatic nitrogens is 1. The molecule has 0 bridgehead atoms. The van der Waals surface area contributed by atoms with Gasteiger partial charge in [0.2, 0.25) is 5.76 Å². The fourth-order valence-electron chi connectivity index (χ4n) is 1.91. The average Bonchev–Trinajstić information content (AvgIpc) is 2.94. The van der Waals surface area contributed by atoms with Crippen molar-refractivity contribution in [2.75, 3.05) is 6.54 Å². The van der Waals surface area contributed by atoms with Gasteiger partial charge in [0, 0.05) is 18.7 Å². The second-order valence-electron chi connectivity index (χ2n) is 4.77. The number of hydrogen-bond acceptors (Lipinski definition) is 5. The maximum absolute atomic E-state index is 11.9. The second kappa shape index (κ2) is 4.89. The van der Waals surface area contributed by atoms with Gasteiger partial charge >= 0.3 is 0 Å². The molecule has 100 valence electrons. The highest BCUT2D eigenvalue weighted by molar-refractivity contribution is 5.92. The largest absolute Gasteiger partial charge is 0.461 e. The van der Waals surface area contributed by atoms with E-state index in [1.165, 1.54) is 6.26 Å².